The van der Waals surface area contributed by atoms with E-state index in [1.807, 2.05) is 6.92 Å². The summed E-state index contributed by atoms with van der Waals surface area (Å²) >= 11 is 1.45. The lowest BCUT2D eigenvalue weighted by atomic mass is 10.6. The van der Waals surface area contributed by atoms with Gasteiger partial charge in [0.2, 0.25) is 0 Å². The van der Waals surface area contributed by atoms with Crippen LogP contribution in [0.1, 0.15) is 11.8 Å². The lowest BCUT2D eigenvalue weighted by Gasteiger charge is -2.01. The van der Waals surface area contributed by atoms with E-state index in [9.17, 15) is 0 Å². The summed E-state index contributed by atoms with van der Waals surface area (Å²) in [4.78, 5) is 4.97. The molecule has 1 aromatic heterocycles. The highest BCUT2D eigenvalue weighted by atomic mass is 32.1. The number of nitrogens with two attached hydrogens (primary N) is 1. The number of anilines is 1. The van der Waals surface area contributed by atoms with Crippen molar-refractivity contribution in [1.29, 1.82) is 0 Å². The van der Waals surface area contributed by atoms with Crippen LogP contribution in [-0.4, -0.2) is 24.8 Å². The maximum Gasteiger partial charge on any atom is 0.180 e. The molecule has 0 atom stereocenters. The Labute approximate surface area is 81.7 Å². The minimum atomic E-state index is 0.571. The fraction of sp³-hybridized carbons (Fsp3) is 0.625. The van der Waals surface area contributed by atoms with E-state index in [-0.39, 0.29) is 0 Å². The Hall–Kier alpha value is -0.650. The van der Waals surface area contributed by atoms with E-state index in [0.29, 0.717) is 25.0 Å². The lowest BCUT2D eigenvalue weighted by Crippen LogP contribution is -2.03. The first-order valence-electron chi connectivity index (χ1n) is 4.18. The van der Waals surface area contributed by atoms with Crippen molar-refractivity contribution >= 4 is 16.5 Å². The minimum Gasteiger partial charge on any atom is -0.379 e. The summed E-state index contributed by atoms with van der Waals surface area (Å²) < 4.78 is 10.4. The minimum absolute atomic E-state index is 0.571. The van der Waals surface area contributed by atoms with Crippen LogP contribution in [0.15, 0.2) is 6.20 Å². The van der Waals surface area contributed by atoms with E-state index >= 15 is 0 Å². The number of thiazole rings is 1. The molecule has 2 N–H and O–H groups in total. The summed E-state index contributed by atoms with van der Waals surface area (Å²) in [5.41, 5.74) is 5.46. The monoisotopic (exact) mass is 202 g/mol. The van der Waals surface area contributed by atoms with E-state index in [1.54, 1.807) is 6.20 Å². The van der Waals surface area contributed by atoms with Gasteiger partial charge in [0, 0.05) is 12.8 Å². The molecule has 5 heteroatoms. The molecule has 0 bridgehead atoms. The van der Waals surface area contributed by atoms with Crippen molar-refractivity contribution in [3.8, 4) is 0 Å². The van der Waals surface area contributed by atoms with Gasteiger partial charge in [0.15, 0.2) is 5.13 Å². The van der Waals surface area contributed by atoms with Crippen molar-refractivity contribution in [2.24, 2.45) is 0 Å². The van der Waals surface area contributed by atoms with Crippen LogP contribution in [0, 0.1) is 0 Å². The number of aromatic nitrogens is 1. The van der Waals surface area contributed by atoms with Gasteiger partial charge in [0.1, 0.15) is 0 Å². The van der Waals surface area contributed by atoms with Crippen LogP contribution in [-0.2, 0) is 16.1 Å². The molecule has 13 heavy (non-hydrogen) atoms. The zero-order chi connectivity index (χ0) is 9.52. The van der Waals surface area contributed by atoms with Gasteiger partial charge >= 0.3 is 0 Å². The van der Waals surface area contributed by atoms with Crippen LogP contribution in [0.2, 0.25) is 0 Å². The summed E-state index contributed by atoms with van der Waals surface area (Å²) in [6.07, 6.45) is 1.74. The van der Waals surface area contributed by atoms with Crippen molar-refractivity contribution in [3.05, 3.63) is 11.1 Å². The van der Waals surface area contributed by atoms with Crippen LogP contribution < -0.4 is 5.73 Å². The van der Waals surface area contributed by atoms with Gasteiger partial charge in [-0.05, 0) is 6.92 Å². The Morgan fingerprint density at radius 3 is 2.85 bits per heavy atom. The number of rotatable bonds is 6. The predicted molar refractivity (Wildman–Crippen MR) is 52.7 cm³/mol. The van der Waals surface area contributed by atoms with E-state index in [4.69, 9.17) is 15.2 Å². The first kappa shape index (κ1) is 10.4. The van der Waals surface area contributed by atoms with Crippen LogP contribution in [0.3, 0.4) is 0 Å². The molecule has 0 saturated carbocycles. The summed E-state index contributed by atoms with van der Waals surface area (Å²) in [7, 11) is 0. The third-order valence-corrected chi connectivity index (χ3v) is 2.19. The van der Waals surface area contributed by atoms with Gasteiger partial charge in [-0.2, -0.15) is 0 Å². The standard InChI is InChI=1S/C8H14N2O2S/c1-2-11-3-4-12-6-7-5-10-8(9)13-7/h5H,2-4,6H2,1H3,(H2,9,10). The van der Waals surface area contributed by atoms with Gasteiger partial charge in [-0.1, -0.05) is 11.3 Å². The average molecular weight is 202 g/mol. The molecule has 74 valence electrons. The molecular formula is C8H14N2O2S. The average Bonchev–Trinajstić information content (AvgIpc) is 2.51. The van der Waals surface area contributed by atoms with Crippen LogP contribution in [0.4, 0.5) is 5.13 Å². The highest BCUT2D eigenvalue weighted by Crippen LogP contribution is 2.14. The van der Waals surface area contributed by atoms with E-state index in [2.05, 4.69) is 4.98 Å². The van der Waals surface area contributed by atoms with E-state index in [0.717, 1.165) is 11.5 Å². The predicted octanol–water partition coefficient (Wildman–Crippen LogP) is 1.28. The summed E-state index contributed by atoms with van der Waals surface area (Å²) in [6, 6.07) is 0. The zero-order valence-corrected chi connectivity index (χ0v) is 8.47. The molecule has 1 rings (SSSR count). The molecule has 1 aromatic rings. The van der Waals surface area contributed by atoms with Gasteiger partial charge < -0.3 is 15.2 Å². The molecule has 0 fully saturated rings. The van der Waals surface area contributed by atoms with Gasteiger partial charge in [-0.3, -0.25) is 0 Å². The summed E-state index contributed by atoms with van der Waals surface area (Å²) in [6.45, 7) is 4.53. The topological polar surface area (TPSA) is 57.4 Å². The lowest BCUT2D eigenvalue weighted by molar-refractivity contribution is 0.0462. The highest BCUT2D eigenvalue weighted by molar-refractivity contribution is 7.15. The molecule has 0 aliphatic carbocycles. The first-order chi connectivity index (χ1) is 6.33. The van der Waals surface area contributed by atoms with Crippen LogP contribution in [0.5, 0.6) is 0 Å². The Bertz CT molecular complexity index is 240. The first-order valence-corrected chi connectivity index (χ1v) is 5.00. The molecule has 0 aromatic carbocycles. The molecule has 1 heterocycles. The van der Waals surface area contributed by atoms with Gasteiger partial charge in [-0.25, -0.2) is 4.98 Å². The maximum atomic E-state index is 5.46. The molecule has 0 spiro atoms. The zero-order valence-electron chi connectivity index (χ0n) is 7.66. The normalized spacial score (nSPS) is 10.5. The van der Waals surface area contributed by atoms with Gasteiger partial charge in [0.25, 0.3) is 0 Å². The SMILES string of the molecule is CCOCCOCc1cnc(N)s1. The molecule has 0 aliphatic heterocycles. The van der Waals surface area contributed by atoms with Gasteiger partial charge in [-0.15, -0.1) is 0 Å². The number of ether oxygens (including phenoxy) is 2. The molecule has 0 saturated heterocycles. The van der Waals surface area contributed by atoms with E-state index < -0.39 is 0 Å². The number of nitrogen functional groups attached to an aromatic ring is 1. The van der Waals surface area contributed by atoms with Crippen LogP contribution in [0.25, 0.3) is 0 Å². The summed E-state index contributed by atoms with van der Waals surface area (Å²) in [5.74, 6) is 0. The molecule has 0 radical (unpaired) electrons. The second kappa shape index (κ2) is 5.90. The Morgan fingerprint density at radius 2 is 2.23 bits per heavy atom. The maximum absolute atomic E-state index is 5.46. The third-order valence-electron chi connectivity index (χ3n) is 1.39. The quantitative estimate of drug-likeness (QED) is 0.706. The number of nitrogens with zero attached hydrogens (tertiary/aromatic N) is 1. The fourth-order valence-electron chi connectivity index (χ4n) is 0.824. The second-order valence-electron chi connectivity index (χ2n) is 2.41. The number of hydrogen-bond donors (Lipinski definition) is 1. The Morgan fingerprint density at radius 1 is 1.46 bits per heavy atom. The molecule has 4 nitrogen and oxygen atoms in total. The number of hydrogen-bond acceptors (Lipinski definition) is 5. The van der Waals surface area contributed by atoms with E-state index in [1.165, 1.54) is 11.3 Å². The van der Waals surface area contributed by atoms with Gasteiger partial charge in [0.05, 0.1) is 24.7 Å². The van der Waals surface area contributed by atoms with Crippen molar-refractivity contribution < 1.29 is 9.47 Å². The molecule has 0 aliphatic rings. The molecule has 0 unspecified atom stereocenters. The van der Waals surface area contributed by atoms with Crippen molar-refractivity contribution in [1.82, 2.24) is 4.98 Å². The fourth-order valence-corrected chi connectivity index (χ4v) is 1.45. The summed E-state index contributed by atoms with van der Waals surface area (Å²) in [5, 5.41) is 0.586. The Kier molecular flexibility index (Phi) is 4.74. The smallest absolute Gasteiger partial charge is 0.180 e. The molecule has 0 amide bonds. The second-order valence-corrected chi connectivity index (χ2v) is 3.56. The van der Waals surface area contributed by atoms with Crippen LogP contribution >= 0.6 is 11.3 Å². The van der Waals surface area contributed by atoms with Crippen molar-refractivity contribution in [2.45, 2.75) is 13.5 Å². The largest absolute Gasteiger partial charge is 0.379 e. The molecular weight excluding hydrogens is 188 g/mol. The van der Waals surface area contributed by atoms with Crippen molar-refractivity contribution in [3.63, 3.8) is 0 Å². The Balaban J connectivity index is 2.06. The van der Waals surface area contributed by atoms with Crippen molar-refractivity contribution in [2.75, 3.05) is 25.6 Å². The third kappa shape index (κ3) is 4.21. The highest BCUT2D eigenvalue weighted by Gasteiger charge is 1.97.